The second-order valence-electron chi connectivity index (χ2n) is 3.69. The summed E-state index contributed by atoms with van der Waals surface area (Å²) in [5, 5.41) is 0.293. The number of carbonyl (C=O) groups excluding carboxylic acids is 1. The summed E-state index contributed by atoms with van der Waals surface area (Å²) in [6.45, 7) is 1.86. The van der Waals surface area contributed by atoms with Crippen LogP contribution in [0, 0.1) is 5.82 Å². The first-order chi connectivity index (χ1) is 8.54. The van der Waals surface area contributed by atoms with Crippen molar-refractivity contribution in [3.8, 4) is 0 Å². The molecule has 0 spiro atoms. The lowest BCUT2D eigenvalue weighted by atomic mass is 10.0. The topological polar surface area (TPSA) is 30.2 Å². The normalized spacial score (nSPS) is 10.7. The van der Waals surface area contributed by atoms with Crippen LogP contribution in [0.3, 0.4) is 0 Å². The Hall–Kier alpha value is -1.13. The van der Waals surface area contributed by atoms with Gasteiger partial charge in [0.25, 0.3) is 0 Å². The highest BCUT2D eigenvalue weighted by Crippen LogP contribution is 2.27. The number of rotatable bonds is 3. The zero-order chi connectivity index (χ0) is 13.3. The van der Waals surface area contributed by atoms with E-state index in [2.05, 4.69) is 15.9 Å². The maximum absolute atomic E-state index is 13.8. The lowest BCUT2D eigenvalue weighted by Gasteiger charge is -2.04. The Kier molecular flexibility index (Phi) is 3.88. The van der Waals surface area contributed by atoms with E-state index in [1.165, 1.54) is 24.5 Å². The third kappa shape index (κ3) is 2.35. The van der Waals surface area contributed by atoms with Crippen molar-refractivity contribution in [1.29, 1.82) is 0 Å². The Bertz CT molecular complexity index is 607. The van der Waals surface area contributed by atoms with Gasteiger partial charge in [0, 0.05) is 10.9 Å². The van der Waals surface area contributed by atoms with E-state index in [0.717, 1.165) is 0 Å². The molecule has 5 heteroatoms. The maximum atomic E-state index is 13.8. The molecule has 0 fully saturated rings. The van der Waals surface area contributed by atoms with Gasteiger partial charge in [0.1, 0.15) is 11.6 Å². The van der Waals surface area contributed by atoms with E-state index in [0.29, 0.717) is 27.2 Å². The van der Waals surface area contributed by atoms with E-state index in [4.69, 9.17) is 16.0 Å². The second-order valence-corrected chi connectivity index (χ2v) is 4.95. The molecule has 0 N–H and O–H groups in total. The number of carbonyl (C=O) groups is 1. The van der Waals surface area contributed by atoms with E-state index in [1.807, 2.05) is 6.92 Å². The minimum atomic E-state index is -0.612. The minimum Gasteiger partial charge on any atom is -0.469 e. The van der Waals surface area contributed by atoms with Crippen LogP contribution in [0.15, 0.2) is 33.4 Å². The number of halogens is 3. The molecule has 94 valence electrons. The summed E-state index contributed by atoms with van der Waals surface area (Å²) >= 11 is 8.98. The lowest BCUT2D eigenvalue weighted by Crippen LogP contribution is -2.05. The van der Waals surface area contributed by atoms with Crippen LogP contribution in [0.4, 0.5) is 4.39 Å². The Morgan fingerprint density at radius 2 is 2.17 bits per heavy atom. The lowest BCUT2D eigenvalue weighted by molar-refractivity contribution is 0.103. The Labute approximate surface area is 117 Å². The molecule has 0 aliphatic carbocycles. The van der Waals surface area contributed by atoms with Crippen molar-refractivity contribution in [3.05, 3.63) is 56.7 Å². The Morgan fingerprint density at radius 3 is 2.83 bits per heavy atom. The number of hydrogen-bond donors (Lipinski definition) is 0. The molecule has 1 heterocycles. The van der Waals surface area contributed by atoms with Gasteiger partial charge in [0.2, 0.25) is 0 Å². The Morgan fingerprint density at radius 1 is 1.44 bits per heavy atom. The molecule has 0 aliphatic heterocycles. The van der Waals surface area contributed by atoms with Gasteiger partial charge in [-0.25, -0.2) is 4.39 Å². The molecule has 1 aromatic heterocycles. The summed E-state index contributed by atoms with van der Waals surface area (Å²) in [6.07, 6.45) is 1.99. The van der Waals surface area contributed by atoms with Crippen LogP contribution in [-0.4, -0.2) is 5.78 Å². The van der Waals surface area contributed by atoms with Gasteiger partial charge in [-0.3, -0.25) is 4.79 Å². The number of ketones is 1. The van der Waals surface area contributed by atoms with E-state index in [9.17, 15) is 9.18 Å². The van der Waals surface area contributed by atoms with Gasteiger partial charge < -0.3 is 4.42 Å². The van der Waals surface area contributed by atoms with Crippen molar-refractivity contribution >= 4 is 33.3 Å². The van der Waals surface area contributed by atoms with Crippen LogP contribution >= 0.6 is 27.5 Å². The molecule has 0 amide bonds. The zero-order valence-corrected chi connectivity index (χ0v) is 11.8. The van der Waals surface area contributed by atoms with Gasteiger partial charge in [0.05, 0.1) is 22.4 Å². The largest absolute Gasteiger partial charge is 0.469 e. The smallest absolute Gasteiger partial charge is 0.199 e. The fourth-order valence-electron chi connectivity index (χ4n) is 1.66. The summed E-state index contributed by atoms with van der Waals surface area (Å²) in [6, 6.07) is 4.04. The number of furan rings is 1. The van der Waals surface area contributed by atoms with Gasteiger partial charge in [-0.2, -0.15) is 0 Å². The summed E-state index contributed by atoms with van der Waals surface area (Å²) in [5.74, 6) is -0.495. The van der Waals surface area contributed by atoms with E-state index < -0.39 is 11.6 Å². The molecule has 0 saturated heterocycles. The van der Waals surface area contributed by atoms with Crippen molar-refractivity contribution < 1.29 is 13.6 Å². The minimum absolute atomic E-state index is 0.0562. The summed E-state index contributed by atoms with van der Waals surface area (Å²) in [7, 11) is 0. The van der Waals surface area contributed by atoms with Gasteiger partial charge in [-0.15, -0.1) is 0 Å². The van der Waals surface area contributed by atoms with Crippen LogP contribution in [0.1, 0.15) is 28.6 Å². The summed E-state index contributed by atoms with van der Waals surface area (Å²) in [5.41, 5.74) is 0.314. The van der Waals surface area contributed by atoms with Crippen LogP contribution in [0.2, 0.25) is 5.02 Å². The second kappa shape index (κ2) is 5.24. The first-order valence-electron chi connectivity index (χ1n) is 5.30. The zero-order valence-electron chi connectivity index (χ0n) is 9.47. The monoisotopic (exact) mass is 330 g/mol. The molecule has 0 bridgehead atoms. The van der Waals surface area contributed by atoms with Crippen molar-refractivity contribution in [1.82, 2.24) is 0 Å². The van der Waals surface area contributed by atoms with E-state index in [-0.39, 0.29) is 5.56 Å². The highest BCUT2D eigenvalue weighted by atomic mass is 79.9. The van der Waals surface area contributed by atoms with Gasteiger partial charge >= 0.3 is 0 Å². The van der Waals surface area contributed by atoms with Gasteiger partial charge in [0.15, 0.2) is 5.78 Å². The average molecular weight is 332 g/mol. The summed E-state index contributed by atoms with van der Waals surface area (Å²) in [4.78, 5) is 12.2. The average Bonchev–Trinajstić information content (AvgIpc) is 2.81. The predicted molar refractivity (Wildman–Crippen MR) is 70.6 cm³/mol. The highest BCUT2D eigenvalue weighted by Gasteiger charge is 2.20. The van der Waals surface area contributed by atoms with Crippen molar-refractivity contribution in [2.75, 3.05) is 0 Å². The molecular weight excluding hydrogens is 322 g/mol. The van der Waals surface area contributed by atoms with Crippen LogP contribution in [0.25, 0.3) is 0 Å². The molecule has 0 unspecified atom stereocenters. The first kappa shape index (κ1) is 13.3. The fourth-order valence-corrected chi connectivity index (χ4v) is 2.14. The number of benzene rings is 1. The summed E-state index contributed by atoms with van der Waals surface area (Å²) < 4.78 is 19.4. The van der Waals surface area contributed by atoms with Crippen LogP contribution in [0.5, 0.6) is 0 Å². The van der Waals surface area contributed by atoms with Crippen molar-refractivity contribution in [2.24, 2.45) is 0 Å². The van der Waals surface area contributed by atoms with E-state index in [1.54, 1.807) is 0 Å². The quantitative estimate of drug-likeness (QED) is 0.606. The van der Waals surface area contributed by atoms with Crippen molar-refractivity contribution in [3.63, 3.8) is 0 Å². The molecule has 0 radical (unpaired) electrons. The van der Waals surface area contributed by atoms with Gasteiger partial charge in [-0.05, 0) is 34.1 Å². The molecule has 2 aromatic rings. The molecule has 0 saturated carbocycles. The molecule has 0 aliphatic rings. The fraction of sp³-hybridized carbons (Fsp3) is 0.154. The van der Waals surface area contributed by atoms with E-state index >= 15 is 0 Å². The molecule has 2 rings (SSSR count). The Balaban J connectivity index is 2.50. The van der Waals surface area contributed by atoms with Crippen molar-refractivity contribution in [2.45, 2.75) is 13.3 Å². The standard InChI is InChI=1S/C13H9BrClFO2/c1-2-12-7(3-4-18-12)13(17)8-5-10(15)9(14)6-11(8)16/h3-6H,2H2,1H3. The van der Waals surface area contributed by atoms with Crippen LogP contribution in [-0.2, 0) is 6.42 Å². The highest BCUT2D eigenvalue weighted by molar-refractivity contribution is 9.10. The molecule has 0 atom stereocenters. The third-order valence-corrected chi connectivity index (χ3v) is 3.76. The predicted octanol–water partition coefficient (Wildman–Crippen LogP) is 4.63. The molecule has 18 heavy (non-hydrogen) atoms. The SMILES string of the molecule is CCc1occc1C(=O)c1cc(Cl)c(Br)cc1F. The molecule has 2 nitrogen and oxygen atoms in total. The number of aryl methyl sites for hydroxylation is 1. The molecular formula is C13H9BrClFO2. The third-order valence-electron chi connectivity index (χ3n) is 2.57. The maximum Gasteiger partial charge on any atom is 0.199 e. The molecule has 1 aromatic carbocycles. The van der Waals surface area contributed by atoms with Crippen LogP contribution < -0.4 is 0 Å². The first-order valence-corrected chi connectivity index (χ1v) is 6.47. The van der Waals surface area contributed by atoms with Gasteiger partial charge in [-0.1, -0.05) is 18.5 Å². The number of hydrogen-bond acceptors (Lipinski definition) is 2.